The van der Waals surface area contributed by atoms with Crippen molar-refractivity contribution in [1.82, 2.24) is 0 Å². The van der Waals surface area contributed by atoms with E-state index in [0.717, 1.165) is 6.42 Å². The highest BCUT2D eigenvalue weighted by atomic mass is 16.5. The van der Waals surface area contributed by atoms with Crippen LogP contribution in [0.1, 0.15) is 20.8 Å². The summed E-state index contributed by atoms with van der Waals surface area (Å²) in [4.78, 5) is 21.6. The lowest BCUT2D eigenvalue weighted by Crippen LogP contribution is -2.24. The van der Waals surface area contributed by atoms with Gasteiger partial charge in [0.1, 0.15) is 6.42 Å². The third-order valence-corrected chi connectivity index (χ3v) is 1.19. The molecule has 11 heavy (non-hydrogen) atoms. The van der Waals surface area contributed by atoms with E-state index in [9.17, 15) is 9.59 Å². The van der Waals surface area contributed by atoms with E-state index in [4.69, 9.17) is 0 Å². The normalized spacial score (nSPS) is 10.9. The number of rotatable bonds is 2. The Morgan fingerprint density at radius 3 is 2.00 bits per heavy atom. The Morgan fingerprint density at radius 1 is 1.27 bits per heavy atom. The van der Waals surface area contributed by atoms with Crippen LogP contribution in [0.25, 0.3) is 0 Å². The van der Waals surface area contributed by atoms with E-state index in [0.29, 0.717) is 0 Å². The Hall–Kier alpha value is -0.860. The van der Waals surface area contributed by atoms with Crippen molar-refractivity contribution >= 4 is 11.8 Å². The molecular formula is C8H13O3. The van der Waals surface area contributed by atoms with Gasteiger partial charge in [-0.2, -0.15) is 0 Å². The van der Waals surface area contributed by atoms with Crippen molar-refractivity contribution < 1.29 is 14.3 Å². The van der Waals surface area contributed by atoms with Crippen molar-refractivity contribution in [2.45, 2.75) is 20.8 Å². The van der Waals surface area contributed by atoms with Gasteiger partial charge in [0.05, 0.1) is 7.11 Å². The van der Waals surface area contributed by atoms with Gasteiger partial charge < -0.3 is 4.74 Å². The Bertz CT molecular complexity index is 165. The molecule has 0 aliphatic heterocycles. The molecule has 0 amide bonds. The van der Waals surface area contributed by atoms with Gasteiger partial charge in [0.2, 0.25) is 0 Å². The largest absolute Gasteiger partial charge is 0.468 e. The molecule has 0 N–H and O–H groups in total. The first kappa shape index (κ1) is 10.1. The molecule has 0 fully saturated rings. The number of methoxy groups -OCH3 is 1. The average Bonchev–Trinajstić information content (AvgIpc) is 1.85. The smallest absolute Gasteiger partial charge is 0.317 e. The average molecular weight is 157 g/mol. The van der Waals surface area contributed by atoms with Gasteiger partial charge in [-0.3, -0.25) is 9.59 Å². The number of hydrogen-bond acceptors (Lipinski definition) is 3. The number of carbonyl (C=O) groups is 2. The van der Waals surface area contributed by atoms with Gasteiger partial charge in [-0.05, 0) is 0 Å². The van der Waals surface area contributed by atoms with E-state index in [1.165, 1.54) is 7.11 Å². The molecule has 0 unspecified atom stereocenters. The third-order valence-electron chi connectivity index (χ3n) is 1.19. The lowest BCUT2D eigenvalue weighted by molar-refractivity contribution is -0.139. The second-order valence-electron chi connectivity index (χ2n) is 3.28. The van der Waals surface area contributed by atoms with Gasteiger partial charge in [0.25, 0.3) is 0 Å². The van der Waals surface area contributed by atoms with Crippen LogP contribution in [0.4, 0.5) is 0 Å². The summed E-state index contributed by atoms with van der Waals surface area (Å²) in [6.45, 7) is 5.23. The fourth-order valence-corrected chi connectivity index (χ4v) is 0.382. The minimum Gasteiger partial charge on any atom is -0.468 e. The number of hydrogen-bond donors (Lipinski definition) is 0. The van der Waals surface area contributed by atoms with Gasteiger partial charge in [0.15, 0.2) is 5.78 Å². The number of ketones is 1. The van der Waals surface area contributed by atoms with Gasteiger partial charge in [-0.15, -0.1) is 0 Å². The molecule has 1 radical (unpaired) electrons. The molecule has 0 bridgehead atoms. The van der Waals surface area contributed by atoms with Crippen LogP contribution in [0, 0.1) is 11.8 Å². The topological polar surface area (TPSA) is 43.4 Å². The quantitative estimate of drug-likeness (QED) is 0.443. The zero-order valence-electron chi connectivity index (χ0n) is 7.30. The second kappa shape index (κ2) is 3.51. The molecule has 0 spiro atoms. The Balaban J connectivity index is 3.99. The molecule has 0 aromatic heterocycles. The summed E-state index contributed by atoms with van der Waals surface area (Å²) in [7, 11) is 1.24. The first-order valence-electron chi connectivity index (χ1n) is 3.35. The molecule has 0 aliphatic carbocycles. The maximum Gasteiger partial charge on any atom is 0.317 e. The Labute approximate surface area is 66.7 Å². The van der Waals surface area contributed by atoms with Crippen LogP contribution in [-0.2, 0) is 14.3 Å². The van der Waals surface area contributed by atoms with Crippen molar-refractivity contribution in [3.8, 4) is 0 Å². The Kier molecular flexibility index (Phi) is 3.23. The second-order valence-corrected chi connectivity index (χ2v) is 3.28. The number of Topliss-reactive ketones (excluding diaryl/α,β-unsaturated/α-hetero) is 1. The summed E-state index contributed by atoms with van der Waals surface area (Å²) in [6.07, 6.45) is 0.972. The highest BCUT2D eigenvalue weighted by Crippen LogP contribution is 2.15. The molecule has 0 aliphatic rings. The highest BCUT2D eigenvalue weighted by Gasteiger charge is 2.24. The molecule has 3 heteroatoms. The third kappa shape index (κ3) is 3.75. The fourth-order valence-electron chi connectivity index (χ4n) is 0.382. The molecule has 0 heterocycles. The first-order chi connectivity index (χ1) is 4.88. The summed E-state index contributed by atoms with van der Waals surface area (Å²) in [5.41, 5.74) is -0.506. The van der Waals surface area contributed by atoms with Crippen LogP contribution in [0.5, 0.6) is 0 Å². The van der Waals surface area contributed by atoms with Crippen molar-refractivity contribution in [2.24, 2.45) is 5.41 Å². The molecule has 3 nitrogen and oxygen atoms in total. The molecular weight excluding hydrogens is 144 g/mol. The number of ether oxygens (including phenoxy) is 1. The predicted molar refractivity (Wildman–Crippen MR) is 40.8 cm³/mol. The van der Waals surface area contributed by atoms with E-state index >= 15 is 0 Å². The van der Waals surface area contributed by atoms with Crippen LogP contribution in [0.2, 0.25) is 0 Å². The molecule has 0 atom stereocenters. The fraction of sp³-hybridized carbons (Fsp3) is 0.625. The van der Waals surface area contributed by atoms with Crippen molar-refractivity contribution in [3.63, 3.8) is 0 Å². The van der Waals surface area contributed by atoms with Crippen LogP contribution >= 0.6 is 0 Å². The van der Waals surface area contributed by atoms with Crippen LogP contribution < -0.4 is 0 Å². The van der Waals surface area contributed by atoms with Gasteiger partial charge in [-0.25, -0.2) is 0 Å². The molecule has 0 saturated heterocycles. The zero-order chi connectivity index (χ0) is 9.07. The summed E-state index contributed by atoms with van der Waals surface area (Å²) >= 11 is 0. The monoisotopic (exact) mass is 157 g/mol. The van der Waals surface area contributed by atoms with E-state index in [1.54, 1.807) is 20.8 Å². The Morgan fingerprint density at radius 2 is 1.73 bits per heavy atom. The summed E-state index contributed by atoms with van der Waals surface area (Å²) in [6, 6.07) is 0. The number of esters is 1. The summed E-state index contributed by atoms with van der Waals surface area (Å²) in [5.74, 6) is -0.811. The molecule has 0 aromatic rings. The standard InChI is InChI=1S/C8H13O3/c1-8(2,3)6(9)5-7(10)11-4/h5H,1-4H3. The maximum absolute atomic E-state index is 11.1. The first-order valence-corrected chi connectivity index (χ1v) is 3.35. The predicted octanol–water partition coefficient (Wildman–Crippen LogP) is 0.979. The minimum absolute atomic E-state index is 0.218. The zero-order valence-corrected chi connectivity index (χ0v) is 7.30. The van der Waals surface area contributed by atoms with Crippen LogP contribution in [0.15, 0.2) is 0 Å². The van der Waals surface area contributed by atoms with Crippen molar-refractivity contribution in [2.75, 3.05) is 7.11 Å². The van der Waals surface area contributed by atoms with Gasteiger partial charge in [0, 0.05) is 5.41 Å². The summed E-state index contributed by atoms with van der Waals surface area (Å²) in [5, 5.41) is 0. The van der Waals surface area contributed by atoms with Crippen molar-refractivity contribution in [3.05, 3.63) is 6.42 Å². The lowest BCUT2D eigenvalue weighted by atomic mass is 9.89. The van der Waals surface area contributed by atoms with E-state index in [-0.39, 0.29) is 5.78 Å². The van der Waals surface area contributed by atoms with E-state index in [2.05, 4.69) is 4.74 Å². The maximum atomic E-state index is 11.1. The highest BCUT2D eigenvalue weighted by molar-refractivity contribution is 6.09. The van der Waals surface area contributed by atoms with Gasteiger partial charge in [-0.1, -0.05) is 20.8 Å². The van der Waals surface area contributed by atoms with Crippen LogP contribution in [0.3, 0.4) is 0 Å². The SMILES string of the molecule is COC(=O)[CH]C(=O)C(C)(C)C. The van der Waals surface area contributed by atoms with Crippen LogP contribution in [-0.4, -0.2) is 18.9 Å². The molecule has 63 valence electrons. The van der Waals surface area contributed by atoms with Crippen molar-refractivity contribution in [1.29, 1.82) is 0 Å². The van der Waals surface area contributed by atoms with E-state index in [1.807, 2.05) is 0 Å². The molecule has 0 saturated carbocycles. The van der Waals surface area contributed by atoms with Gasteiger partial charge >= 0.3 is 5.97 Å². The van der Waals surface area contributed by atoms with E-state index < -0.39 is 11.4 Å². The lowest BCUT2D eigenvalue weighted by Gasteiger charge is -2.14. The molecule has 0 rings (SSSR count). The summed E-state index contributed by atoms with van der Waals surface area (Å²) < 4.78 is 4.30. The minimum atomic E-state index is -0.593. The molecule has 0 aromatic carbocycles. The number of carbonyl (C=O) groups excluding carboxylic acids is 2.